The zero-order valence-electron chi connectivity index (χ0n) is 35.4. The molecule has 21 heteroatoms. The first-order valence-electron chi connectivity index (χ1n) is 18.3. The number of thiol groups is 1. The van der Waals surface area contributed by atoms with E-state index in [1.54, 1.807) is 14.2 Å². The van der Waals surface area contributed by atoms with Crippen LogP contribution < -0.4 is 5.73 Å². The van der Waals surface area contributed by atoms with Gasteiger partial charge in [0.05, 0.1) is 41.7 Å². The molecule has 1 fully saturated rings. The molecule has 0 aromatic heterocycles. The molecular formula is C31H83NO15SSi4. The van der Waals surface area contributed by atoms with Gasteiger partial charge in [-0.1, -0.05) is 0 Å². The van der Waals surface area contributed by atoms with Crippen LogP contribution in [-0.2, 0) is 69.8 Å². The molecule has 324 valence electrons. The second kappa shape index (κ2) is 66.4. The maximum absolute atomic E-state index is 5.42. The summed E-state index contributed by atoms with van der Waals surface area (Å²) in [5.41, 5.74) is 5.28. The Balaban J connectivity index is -0.000000123. The molecule has 0 spiro atoms. The molecule has 1 atom stereocenters. The van der Waals surface area contributed by atoms with E-state index in [2.05, 4.69) is 42.0 Å². The molecule has 1 aliphatic rings. The van der Waals surface area contributed by atoms with Crippen molar-refractivity contribution in [1.29, 1.82) is 0 Å². The monoisotopic (exact) mass is 853 g/mol. The van der Waals surface area contributed by atoms with Gasteiger partial charge in [-0.25, -0.2) is 29.3 Å². The lowest BCUT2D eigenvalue weighted by Crippen LogP contribution is -2.49. The van der Waals surface area contributed by atoms with E-state index in [1.807, 2.05) is 48.5 Å². The number of nitrogens with two attached hydrogens (primary N) is 1. The molecule has 0 aromatic rings. The van der Waals surface area contributed by atoms with Gasteiger partial charge in [0, 0.05) is 53.9 Å². The van der Waals surface area contributed by atoms with Gasteiger partial charge in [0.2, 0.25) is 0 Å². The molecular weight excluding hydrogens is 771 g/mol. The van der Waals surface area contributed by atoms with Crippen LogP contribution in [0.3, 0.4) is 0 Å². The van der Waals surface area contributed by atoms with Crippen LogP contribution in [0.25, 0.3) is 0 Å². The summed E-state index contributed by atoms with van der Waals surface area (Å²) in [4.78, 5) is 25.1. The van der Waals surface area contributed by atoms with Gasteiger partial charge >= 0.3 is 9.05 Å². The molecule has 0 aromatic carbocycles. The summed E-state index contributed by atoms with van der Waals surface area (Å²) in [5.74, 6) is 1.01. The van der Waals surface area contributed by atoms with E-state index in [1.165, 1.54) is 53.0 Å². The molecule has 0 aliphatic carbocycles. The SMILES string of the molecule is CCOOCC.CCO[SiH2]CCCN.CCO[Si](OCC)(OCC)OCC.COOC.COOC.CO[SiH2]CCCOC1CO1.CO[SiH2]CCCS. The van der Waals surface area contributed by atoms with Crippen LogP contribution >= 0.6 is 12.6 Å². The lowest BCUT2D eigenvalue weighted by molar-refractivity contribution is -0.287. The minimum atomic E-state index is -2.80. The lowest BCUT2D eigenvalue weighted by atomic mass is 10.5. The smallest absolute Gasteiger partial charge is 0.427 e. The van der Waals surface area contributed by atoms with E-state index in [0.717, 1.165) is 45.0 Å². The Morgan fingerprint density at radius 3 is 1.29 bits per heavy atom. The van der Waals surface area contributed by atoms with Crippen LogP contribution in [0, 0.1) is 0 Å². The molecule has 0 bridgehead atoms. The number of hydrogen-bond donors (Lipinski definition) is 2. The van der Waals surface area contributed by atoms with Crippen LogP contribution in [0.2, 0.25) is 18.1 Å². The molecule has 0 radical (unpaired) electrons. The highest BCUT2D eigenvalue weighted by molar-refractivity contribution is 7.80. The fourth-order valence-electron chi connectivity index (χ4n) is 2.67. The number of rotatable bonds is 28. The first-order chi connectivity index (χ1) is 25.2. The average Bonchev–Trinajstić information content (AvgIpc) is 3.99. The summed E-state index contributed by atoms with van der Waals surface area (Å²) in [6, 6.07) is 3.73. The van der Waals surface area contributed by atoms with Gasteiger partial charge in [0.25, 0.3) is 0 Å². The molecule has 0 saturated carbocycles. The van der Waals surface area contributed by atoms with Crippen molar-refractivity contribution in [3.63, 3.8) is 0 Å². The Hall–Kier alpha value is 0.578. The van der Waals surface area contributed by atoms with Gasteiger partial charge in [0.1, 0.15) is 6.61 Å². The van der Waals surface area contributed by atoms with Crippen molar-refractivity contribution in [2.45, 2.75) is 92.2 Å². The Labute approximate surface area is 332 Å². The van der Waals surface area contributed by atoms with Crippen LogP contribution in [0.1, 0.15) is 67.7 Å². The Bertz CT molecular complexity index is 499. The summed E-state index contributed by atoms with van der Waals surface area (Å²) < 4.78 is 47.0. The lowest BCUT2D eigenvalue weighted by Gasteiger charge is -2.26. The molecule has 1 aliphatic heterocycles. The molecule has 1 unspecified atom stereocenters. The minimum absolute atomic E-state index is 0.129. The van der Waals surface area contributed by atoms with Crippen molar-refractivity contribution < 1.29 is 69.8 Å². The highest BCUT2D eigenvalue weighted by Crippen LogP contribution is 2.11. The average molecular weight is 854 g/mol. The highest BCUT2D eigenvalue weighted by atomic mass is 32.1. The summed E-state index contributed by atoms with van der Waals surface area (Å²) in [5, 5.41) is 0. The highest BCUT2D eigenvalue weighted by Gasteiger charge is 2.44. The van der Waals surface area contributed by atoms with Crippen LogP contribution in [-0.4, -0.2) is 159 Å². The van der Waals surface area contributed by atoms with Gasteiger partial charge in [-0.05, 0) is 98.2 Å². The van der Waals surface area contributed by atoms with E-state index in [0.29, 0.717) is 39.6 Å². The predicted octanol–water partition coefficient (Wildman–Crippen LogP) is 3.16. The van der Waals surface area contributed by atoms with E-state index >= 15 is 0 Å². The number of epoxide rings is 1. The summed E-state index contributed by atoms with van der Waals surface area (Å²) in [6.45, 7) is 20.2. The number of ether oxygens (including phenoxy) is 2. The second-order valence-corrected chi connectivity index (χ2v) is 16.7. The molecule has 52 heavy (non-hydrogen) atoms. The minimum Gasteiger partial charge on any atom is -0.427 e. The van der Waals surface area contributed by atoms with Crippen molar-refractivity contribution in [2.75, 3.05) is 114 Å². The quantitative estimate of drug-likeness (QED) is 0.0294. The third kappa shape index (κ3) is 75.5. The second-order valence-electron chi connectivity index (χ2n) is 9.16. The Morgan fingerprint density at radius 1 is 0.596 bits per heavy atom. The van der Waals surface area contributed by atoms with Crippen molar-refractivity contribution >= 4 is 51.0 Å². The third-order valence-corrected chi connectivity index (χ3v) is 11.8. The molecule has 1 heterocycles. The fourth-order valence-corrected chi connectivity index (χ4v) is 7.66. The predicted molar refractivity (Wildman–Crippen MR) is 222 cm³/mol. The van der Waals surface area contributed by atoms with E-state index in [9.17, 15) is 0 Å². The molecule has 1 saturated heterocycles. The van der Waals surface area contributed by atoms with Crippen molar-refractivity contribution in [1.82, 2.24) is 0 Å². The van der Waals surface area contributed by atoms with Gasteiger partial charge in [0.15, 0.2) is 35.6 Å². The maximum atomic E-state index is 5.42. The summed E-state index contributed by atoms with van der Waals surface area (Å²) in [6.07, 6.45) is 3.62. The van der Waals surface area contributed by atoms with Crippen molar-refractivity contribution in [2.24, 2.45) is 5.73 Å². The first kappa shape index (κ1) is 64.5. The van der Waals surface area contributed by atoms with Crippen molar-refractivity contribution in [3.05, 3.63) is 0 Å². The zero-order valence-corrected chi connectivity index (χ0v) is 41.5. The van der Waals surface area contributed by atoms with Crippen molar-refractivity contribution in [3.8, 4) is 0 Å². The fraction of sp³-hybridized carbons (Fsp3) is 1.00. The molecule has 2 N–H and O–H groups in total. The number of hydrogen-bond acceptors (Lipinski definition) is 17. The van der Waals surface area contributed by atoms with Crippen LogP contribution in [0.15, 0.2) is 0 Å². The molecule has 1 rings (SSSR count). The van der Waals surface area contributed by atoms with E-state index in [-0.39, 0.29) is 35.6 Å². The maximum Gasteiger partial charge on any atom is 0.679 e. The van der Waals surface area contributed by atoms with Gasteiger partial charge in [-0.3, -0.25) is 0 Å². The first-order valence-corrected chi connectivity index (χ1v) is 25.3. The Kier molecular flexibility index (Phi) is 82.3. The van der Waals surface area contributed by atoms with Gasteiger partial charge < -0.3 is 46.2 Å². The zero-order chi connectivity index (χ0) is 40.8. The van der Waals surface area contributed by atoms with Crippen LogP contribution in [0.5, 0.6) is 0 Å². The molecule has 0 amide bonds. The molecule has 16 nitrogen and oxygen atoms in total. The van der Waals surface area contributed by atoms with Gasteiger partial charge in [-0.2, -0.15) is 12.6 Å². The normalized spacial score (nSPS) is 13.1. The third-order valence-electron chi connectivity index (χ3n) is 4.99. The van der Waals surface area contributed by atoms with E-state index in [4.69, 9.17) is 46.2 Å². The van der Waals surface area contributed by atoms with E-state index < -0.39 is 9.05 Å². The Morgan fingerprint density at radius 2 is 1.00 bits per heavy atom. The summed E-state index contributed by atoms with van der Waals surface area (Å²) in [7, 11) is 6.05. The van der Waals surface area contributed by atoms with Gasteiger partial charge in [-0.15, -0.1) is 0 Å². The summed E-state index contributed by atoms with van der Waals surface area (Å²) >= 11 is 4.06. The topological polar surface area (TPSA) is 168 Å². The van der Waals surface area contributed by atoms with Crippen LogP contribution in [0.4, 0.5) is 0 Å². The largest absolute Gasteiger partial charge is 0.679 e. The standard InChI is InChI=1S/C8H20O4Si.C6H14O3Si.C5H15NOSi.C4H10O2.C4H12OSSi.2C2H6O2/c1-5-9-13(10-6-2,11-7-3)12-8-4;1-7-10-4-2-3-8-6-5-9-6;1-2-7-8-5-3-4-6;1-3-5-6-4-2;1-5-7-4-2-3-6;2*1-3-4-2/h5-8H2,1-4H3;6H,2-5,10H2,1H3;2-6,8H2,1H3;3-4H2,1-2H3;6H,2-4,7H2,1H3;2*1-2H3.